The molecule has 2 aromatic carbocycles. The number of thioether (sulfide) groups is 1. The third-order valence-corrected chi connectivity index (χ3v) is 17.8. The number of aliphatic hydroxyl groups excluding tert-OH is 1. The van der Waals surface area contributed by atoms with Crippen molar-refractivity contribution < 1.29 is 53.4 Å². The number of carbonyl (C=O) groups excluding carboxylic acids is 2. The van der Waals surface area contributed by atoms with Gasteiger partial charge >= 0.3 is 17.9 Å². The van der Waals surface area contributed by atoms with Crippen LogP contribution in [0.2, 0.25) is 0 Å². The van der Waals surface area contributed by atoms with E-state index in [9.17, 15) is 34.5 Å². The molecule has 2 aliphatic heterocycles. The Balaban J connectivity index is 0.871. The number of hydrogen-bond acceptors (Lipinski definition) is 17. The van der Waals surface area contributed by atoms with E-state index in [2.05, 4.69) is 44.0 Å². The lowest BCUT2D eigenvalue weighted by Crippen LogP contribution is -2.59. The molecule has 1 spiro atoms. The third kappa shape index (κ3) is 14.2. The first-order chi connectivity index (χ1) is 37.5. The van der Waals surface area contributed by atoms with Crippen molar-refractivity contribution in [3.63, 3.8) is 0 Å². The summed E-state index contributed by atoms with van der Waals surface area (Å²) in [5.41, 5.74) is 3.17. The van der Waals surface area contributed by atoms with E-state index in [-0.39, 0.29) is 55.8 Å². The highest BCUT2D eigenvalue weighted by atomic mass is 32.2. The summed E-state index contributed by atoms with van der Waals surface area (Å²) in [6.45, 7) is 10.1. The Labute approximate surface area is 464 Å². The number of likely N-dealkylation sites (N-methyl/N-ethyl adjacent to an activating group) is 1. The number of benzene rings is 2. The van der Waals surface area contributed by atoms with Crippen LogP contribution in [0.15, 0.2) is 52.4 Å². The molecule has 1 aromatic heterocycles. The van der Waals surface area contributed by atoms with Gasteiger partial charge in [-0.15, -0.1) is 11.8 Å². The maximum atomic E-state index is 14.0. The van der Waals surface area contributed by atoms with Gasteiger partial charge in [-0.2, -0.15) is 5.10 Å². The molecule has 1 saturated heterocycles. The number of aromatic nitrogens is 2. The number of aliphatic carboxylic acids is 2. The first kappa shape index (κ1) is 59.0. The van der Waals surface area contributed by atoms with E-state index in [1.54, 1.807) is 28.9 Å². The number of esters is 1. The van der Waals surface area contributed by atoms with Gasteiger partial charge < -0.3 is 44.1 Å². The number of aliphatic imine (C=N–C) groups is 1. The van der Waals surface area contributed by atoms with Crippen molar-refractivity contribution >= 4 is 41.5 Å². The lowest BCUT2D eigenvalue weighted by atomic mass is 9.49. The Kier molecular flexibility index (Phi) is 20.3. The lowest BCUT2D eigenvalue weighted by molar-refractivity contribution is -0.153. The van der Waals surface area contributed by atoms with Crippen LogP contribution >= 0.6 is 11.8 Å². The molecule has 3 heterocycles. The Morgan fingerprint density at radius 3 is 1.88 bits per heavy atom. The van der Waals surface area contributed by atoms with Crippen molar-refractivity contribution in [2.45, 2.75) is 81.4 Å². The van der Waals surface area contributed by atoms with Crippen molar-refractivity contribution in [3.8, 4) is 28.4 Å². The van der Waals surface area contributed by atoms with Gasteiger partial charge in [0.15, 0.2) is 11.8 Å². The molecule has 428 valence electrons. The van der Waals surface area contributed by atoms with Crippen molar-refractivity contribution in [2.75, 3.05) is 139 Å². The summed E-state index contributed by atoms with van der Waals surface area (Å²) in [6.07, 6.45) is 6.15. The molecular weight excluding hydrogens is 1020 g/mol. The van der Waals surface area contributed by atoms with Crippen LogP contribution in [0.4, 0.5) is 0 Å². The van der Waals surface area contributed by atoms with Crippen LogP contribution in [0, 0.1) is 23.7 Å². The van der Waals surface area contributed by atoms with Gasteiger partial charge in [0.05, 0.1) is 50.8 Å². The zero-order valence-corrected chi connectivity index (χ0v) is 47.6. The van der Waals surface area contributed by atoms with Crippen LogP contribution in [0.25, 0.3) is 16.9 Å². The van der Waals surface area contributed by atoms with Crippen molar-refractivity contribution in [1.82, 2.24) is 39.2 Å². The molecule has 9 rings (SSSR count). The maximum Gasteiger partial charge on any atom is 0.341 e. The summed E-state index contributed by atoms with van der Waals surface area (Å²) in [4.78, 5) is 69.2. The molecule has 1 unspecified atom stereocenters. The second kappa shape index (κ2) is 26.9. The van der Waals surface area contributed by atoms with Crippen molar-refractivity contribution in [2.24, 2.45) is 28.7 Å². The lowest BCUT2D eigenvalue weighted by Gasteiger charge is -2.56. The molecular formula is C57H83N9O11S. The highest BCUT2D eigenvalue weighted by Crippen LogP contribution is 2.61. The van der Waals surface area contributed by atoms with Crippen molar-refractivity contribution in [3.05, 3.63) is 53.7 Å². The largest absolute Gasteiger partial charge is 0.496 e. The molecule has 20 nitrogen and oxygen atoms in total. The summed E-state index contributed by atoms with van der Waals surface area (Å²) in [5.74, 6) is 2.21. The number of nitrogens with zero attached hydrogens (tertiary/aromatic N) is 9. The second-order valence-electron chi connectivity index (χ2n) is 22.5. The van der Waals surface area contributed by atoms with Gasteiger partial charge in [0, 0.05) is 84.5 Å². The Bertz CT molecular complexity index is 2540. The number of amides is 1. The topological polar surface area (TPSA) is 216 Å². The maximum absolute atomic E-state index is 14.0. The van der Waals surface area contributed by atoms with E-state index >= 15 is 0 Å². The summed E-state index contributed by atoms with van der Waals surface area (Å²) in [6, 6.07) is 14.2. The molecule has 1 atom stereocenters. The number of carbonyl (C=O) groups is 4. The first-order valence-electron chi connectivity index (χ1n) is 27.9. The van der Waals surface area contributed by atoms with Gasteiger partial charge in [0.25, 0.3) is 0 Å². The number of carboxylic acid groups (broad SMARTS) is 2. The molecule has 1 amide bonds. The third-order valence-electron chi connectivity index (χ3n) is 16.8. The van der Waals surface area contributed by atoms with Gasteiger partial charge in [-0.25, -0.2) is 14.5 Å². The summed E-state index contributed by atoms with van der Waals surface area (Å²) < 4.78 is 25.1. The molecule has 4 aliphatic carbocycles. The average Bonchev–Trinajstić information content (AvgIpc) is 4.19. The van der Waals surface area contributed by atoms with E-state index in [0.29, 0.717) is 93.8 Å². The van der Waals surface area contributed by atoms with Crippen molar-refractivity contribution in [1.29, 1.82) is 0 Å². The van der Waals surface area contributed by atoms with Crippen LogP contribution in [-0.2, 0) is 28.7 Å². The normalized spacial score (nSPS) is 23.8. The van der Waals surface area contributed by atoms with Gasteiger partial charge in [0.1, 0.15) is 17.2 Å². The van der Waals surface area contributed by atoms with Gasteiger partial charge in [-0.3, -0.25) is 34.0 Å². The fourth-order valence-electron chi connectivity index (χ4n) is 12.7. The van der Waals surface area contributed by atoms with Crippen LogP contribution in [-0.4, -0.2) is 235 Å². The standard InChI is InChI=1S/C57H83N9O11S/c1-38(2)44-32-43(13-14-46(44)66-47(54-48(74-5)11-8-12-49(54)75-6)33-45(59-66)55-58-57(56(73)77-55)41-28-39-27-40(30-41)31-42(57)29-39)78-26-10-16-60(3)15-9-17-61(4)50(67)34-62-18-20-63(35-51(68)69)21-22-64(36-52(70)71)23-25-65(24-19-62)37-53(72)76-7/h8,11-14,32-33,38-42,53,72H,9-10,15-31,34-37H2,1-7H3,(H,68,69)(H,70,71). The van der Waals surface area contributed by atoms with Gasteiger partial charge in [-0.05, 0) is 142 Å². The number of β-amino-alcohol motifs (C(OH)–C–C–N with tert-alkyl or cyclic N) is 1. The predicted octanol–water partition coefficient (Wildman–Crippen LogP) is 4.80. The number of aliphatic hydroxyl groups is 1. The molecule has 3 N–H and O–H groups in total. The van der Waals surface area contributed by atoms with Crippen LogP contribution < -0.4 is 9.47 Å². The summed E-state index contributed by atoms with van der Waals surface area (Å²) in [5, 5.41) is 34.7. The molecule has 4 bridgehead atoms. The number of hydrogen-bond donors (Lipinski definition) is 3. The van der Waals surface area contributed by atoms with E-state index in [0.717, 1.165) is 84.8 Å². The van der Waals surface area contributed by atoms with E-state index in [1.165, 1.54) is 13.5 Å². The quantitative estimate of drug-likeness (QED) is 0.0476. The highest BCUT2D eigenvalue weighted by molar-refractivity contribution is 7.99. The fraction of sp³-hybridized carbons (Fsp3) is 0.649. The Hall–Kier alpha value is -5.13. The highest BCUT2D eigenvalue weighted by Gasteiger charge is 2.65. The van der Waals surface area contributed by atoms with Crippen LogP contribution in [0.3, 0.4) is 0 Å². The molecule has 4 saturated carbocycles. The second-order valence-corrected chi connectivity index (χ2v) is 23.6. The van der Waals surface area contributed by atoms with Crippen LogP contribution in [0.5, 0.6) is 11.5 Å². The minimum absolute atomic E-state index is 0.0308. The Morgan fingerprint density at radius 1 is 0.769 bits per heavy atom. The van der Waals surface area contributed by atoms with E-state index < -0.39 is 23.8 Å². The molecule has 21 heteroatoms. The molecule has 0 radical (unpaired) electrons. The predicted molar refractivity (Wildman–Crippen MR) is 298 cm³/mol. The fourth-order valence-corrected chi connectivity index (χ4v) is 13.6. The average molecular weight is 1100 g/mol. The van der Waals surface area contributed by atoms with E-state index in [1.807, 2.05) is 57.6 Å². The molecule has 78 heavy (non-hydrogen) atoms. The summed E-state index contributed by atoms with van der Waals surface area (Å²) in [7, 11) is 8.65. The molecule has 5 fully saturated rings. The number of cyclic esters (lactones) is 1. The summed E-state index contributed by atoms with van der Waals surface area (Å²) >= 11 is 1.82. The smallest absolute Gasteiger partial charge is 0.341 e. The number of methoxy groups -OCH3 is 3. The van der Waals surface area contributed by atoms with Crippen LogP contribution in [0.1, 0.15) is 76.0 Å². The zero-order valence-electron chi connectivity index (χ0n) is 46.8. The number of carboxylic acids is 2. The van der Waals surface area contributed by atoms with Gasteiger partial charge in [0.2, 0.25) is 11.8 Å². The molecule has 3 aromatic rings. The SMILES string of the molecule is COc1cccc(OC)c1-c1cc(C2=NC3(C(=O)O2)C2CC4CC(C2)CC3C4)nn1-c1ccc(SCCCN(C)CCCN(C)C(=O)CN2CCN(CC(=O)O)CCN(CC(=O)O)CCN(CC(O)OC)CC2)cc1C(C)C. The monoisotopic (exact) mass is 1100 g/mol. The minimum Gasteiger partial charge on any atom is -0.496 e. The van der Waals surface area contributed by atoms with Gasteiger partial charge in [-0.1, -0.05) is 19.9 Å². The minimum atomic E-state index is -1.02. The Morgan fingerprint density at radius 2 is 1.33 bits per heavy atom. The number of ether oxygens (including phenoxy) is 4. The zero-order chi connectivity index (χ0) is 55.7. The number of rotatable bonds is 24. The molecule has 6 aliphatic rings. The van der Waals surface area contributed by atoms with E-state index in [4.69, 9.17) is 29.0 Å². The first-order valence-corrected chi connectivity index (χ1v) is 28.8.